The van der Waals surface area contributed by atoms with Gasteiger partial charge in [-0.05, 0) is 18.2 Å². The summed E-state index contributed by atoms with van der Waals surface area (Å²) in [5.74, 6) is -1.03. The number of methoxy groups -OCH3 is 1. The van der Waals surface area contributed by atoms with E-state index < -0.39 is 16.7 Å². The molecule has 0 fully saturated rings. The molecule has 0 heterocycles. The van der Waals surface area contributed by atoms with Crippen LogP contribution in [0.1, 0.15) is 10.4 Å². The lowest BCUT2D eigenvalue weighted by Gasteiger charge is -2.06. The second-order valence-electron chi connectivity index (χ2n) is 2.86. The van der Waals surface area contributed by atoms with E-state index in [1.54, 1.807) is 18.2 Å². The van der Waals surface area contributed by atoms with E-state index in [0.717, 1.165) is 0 Å². The number of nitrogens with one attached hydrogen (secondary N) is 1. The monoisotopic (exact) mass is 261 g/mol. The molecule has 0 bridgehead atoms. The number of halogens is 2. The summed E-state index contributed by atoms with van der Waals surface area (Å²) in [6.45, 7) is 0. The highest BCUT2D eigenvalue weighted by atomic mass is 35.5. The first-order valence-corrected chi connectivity index (χ1v) is 5.19. The van der Waals surface area contributed by atoms with E-state index >= 15 is 0 Å². The average Bonchev–Trinajstić information content (AvgIpc) is 2.28. The number of rotatable bonds is 3. The van der Waals surface area contributed by atoms with Crippen LogP contribution in [0.5, 0.6) is 0 Å². The van der Waals surface area contributed by atoms with Crippen LogP contribution in [0, 0.1) is 0 Å². The number of amides is 1. The molecule has 4 nitrogen and oxygen atoms in total. The molecule has 0 spiro atoms. The number of alkyl halides is 2. The van der Waals surface area contributed by atoms with Gasteiger partial charge in [-0.2, -0.15) is 0 Å². The molecular formula is C10H9Cl2NO3. The maximum atomic E-state index is 11.2. The summed E-state index contributed by atoms with van der Waals surface area (Å²) in [6, 6.07) is 6.26. The molecule has 0 saturated heterocycles. The number of benzene rings is 1. The Morgan fingerprint density at radius 2 is 2.06 bits per heavy atom. The maximum Gasteiger partial charge on any atom is 0.337 e. The minimum atomic E-state index is -1.15. The molecule has 1 aromatic rings. The van der Waals surface area contributed by atoms with Gasteiger partial charge in [-0.15, -0.1) is 0 Å². The van der Waals surface area contributed by atoms with Crippen molar-refractivity contribution in [2.24, 2.45) is 0 Å². The van der Waals surface area contributed by atoms with Crippen molar-refractivity contribution in [1.29, 1.82) is 0 Å². The predicted molar refractivity (Wildman–Crippen MR) is 61.9 cm³/mol. The van der Waals surface area contributed by atoms with Crippen LogP contribution >= 0.6 is 23.2 Å². The van der Waals surface area contributed by atoms with Crippen molar-refractivity contribution in [3.8, 4) is 0 Å². The second-order valence-corrected chi connectivity index (χ2v) is 3.96. The highest BCUT2D eigenvalue weighted by molar-refractivity contribution is 6.54. The third-order valence-electron chi connectivity index (χ3n) is 1.75. The fraction of sp³-hybridized carbons (Fsp3) is 0.200. The molecule has 0 radical (unpaired) electrons. The molecule has 1 amide bonds. The topological polar surface area (TPSA) is 55.4 Å². The van der Waals surface area contributed by atoms with Gasteiger partial charge in [0.05, 0.1) is 12.7 Å². The van der Waals surface area contributed by atoms with Gasteiger partial charge in [-0.25, -0.2) is 4.79 Å². The molecule has 86 valence electrons. The molecule has 0 unspecified atom stereocenters. The zero-order valence-corrected chi connectivity index (χ0v) is 9.88. The van der Waals surface area contributed by atoms with Crippen molar-refractivity contribution < 1.29 is 14.3 Å². The zero-order valence-electron chi connectivity index (χ0n) is 8.37. The van der Waals surface area contributed by atoms with E-state index in [9.17, 15) is 9.59 Å². The lowest BCUT2D eigenvalue weighted by Crippen LogP contribution is -2.18. The van der Waals surface area contributed by atoms with Crippen molar-refractivity contribution >= 4 is 40.8 Å². The predicted octanol–water partition coefficient (Wildman–Crippen LogP) is 2.22. The van der Waals surface area contributed by atoms with Crippen LogP contribution in [-0.2, 0) is 9.53 Å². The summed E-state index contributed by atoms with van der Waals surface area (Å²) < 4.78 is 4.54. The Hall–Kier alpha value is -1.26. The Balaban J connectivity index is 2.83. The Bertz CT molecular complexity index is 407. The Kier molecular flexibility index (Phi) is 4.58. The van der Waals surface area contributed by atoms with Crippen molar-refractivity contribution in [1.82, 2.24) is 0 Å². The number of hydrogen-bond acceptors (Lipinski definition) is 3. The van der Waals surface area contributed by atoms with E-state index in [2.05, 4.69) is 10.1 Å². The van der Waals surface area contributed by atoms with Gasteiger partial charge in [0.2, 0.25) is 0 Å². The Morgan fingerprint density at radius 3 is 2.62 bits per heavy atom. The molecule has 1 N–H and O–H groups in total. The molecule has 0 aromatic heterocycles. The zero-order chi connectivity index (χ0) is 12.1. The molecule has 0 atom stereocenters. The first-order valence-electron chi connectivity index (χ1n) is 4.32. The van der Waals surface area contributed by atoms with Crippen molar-refractivity contribution in [2.75, 3.05) is 12.4 Å². The second kappa shape index (κ2) is 5.72. The Morgan fingerprint density at radius 1 is 1.38 bits per heavy atom. The van der Waals surface area contributed by atoms with E-state index in [1.807, 2.05) is 0 Å². The lowest BCUT2D eigenvalue weighted by molar-refractivity contribution is -0.114. The van der Waals surface area contributed by atoms with Gasteiger partial charge in [0.15, 0.2) is 4.84 Å². The molecule has 0 saturated carbocycles. The van der Waals surface area contributed by atoms with Crippen LogP contribution in [0.4, 0.5) is 5.69 Å². The number of anilines is 1. The molecule has 16 heavy (non-hydrogen) atoms. The van der Waals surface area contributed by atoms with Crippen LogP contribution in [0.25, 0.3) is 0 Å². The van der Waals surface area contributed by atoms with E-state index in [-0.39, 0.29) is 0 Å². The van der Waals surface area contributed by atoms with E-state index in [1.165, 1.54) is 13.2 Å². The third-order valence-corrected chi connectivity index (χ3v) is 2.15. The molecule has 0 aliphatic heterocycles. The molecular weight excluding hydrogens is 253 g/mol. The van der Waals surface area contributed by atoms with Gasteiger partial charge < -0.3 is 10.1 Å². The van der Waals surface area contributed by atoms with Gasteiger partial charge in [0, 0.05) is 5.69 Å². The minimum absolute atomic E-state index is 0.334. The summed E-state index contributed by atoms with van der Waals surface area (Å²) in [6.07, 6.45) is 0. The fourth-order valence-corrected chi connectivity index (χ4v) is 1.15. The summed E-state index contributed by atoms with van der Waals surface area (Å²) in [5, 5.41) is 2.45. The molecule has 1 rings (SSSR count). The lowest BCUT2D eigenvalue weighted by atomic mass is 10.2. The fourth-order valence-electron chi connectivity index (χ4n) is 1.04. The van der Waals surface area contributed by atoms with Gasteiger partial charge in [0.25, 0.3) is 5.91 Å². The van der Waals surface area contributed by atoms with Crippen molar-refractivity contribution in [3.05, 3.63) is 29.8 Å². The number of esters is 1. The van der Waals surface area contributed by atoms with Gasteiger partial charge in [0.1, 0.15) is 0 Å². The normalized spacial score (nSPS) is 10.0. The molecule has 0 aliphatic rings. The highest BCUT2D eigenvalue weighted by Crippen LogP contribution is 2.13. The molecule has 0 aliphatic carbocycles. The van der Waals surface area contributed by atoms with E-state index in [0.29, 0.717) is 11.3 Å². The first kappa shape index (κ1) is 12.8. The third kappa shape index (κ3) is 3.40. The summed E-state index contributed by atoms with van der Waals surface area (Å²) in [4.78, 5) is 21.2. The van der Waals surface area contributed by atoms with E-state index in [4.69, 9.17) is 23.2 Å². The maximum absolute atomic E-state index is 11.2. The van der Waals surface area contributed by atoms with Crippen LogP contribution < -0.4 is 5.32 Å². The van der Waals surface area contributed by atoms with Crippen LogP contribution in [0.3, 0.4) is 0 Å². The first-order chi connectivity index (χ1) is 7.54. The van der Waals surface area contributed by atoms with Crippen molar-refractivity contribution in [2.45, 2.75) is 4.84 Å². The quantitative estimate of drug-likeness (QED) is 0.671. The van der Waals surface area contributed by atoms with Crippen LogP contribution in [0.2, 0.25) is 0 Å². The SMILES string of the molecule is COC(=O)c1cccc(NC(=O)C(Cl)Cl)c1. The highest BCUT2D eigenvalue weighted by Gasteiger charge is 2.12. The number of carbonyl (C=O) groups excluding carboxylic acids is 2. The smallest absolute Gasteiger partial charge is 0.337 e. The number of ether oxygens (including phenoxy) is 1. The summed E-state index contributed by atoms with van der Waals surface area (Å²) >= 11 is 10.7. The largest absolute Gasteiger partial charge is 0.465 e. The van der Waals surface area contributed by atoms with Gasteiger partial charge >= 0.3 is 5.97 Å². The summed E-state index contributed by atoms with van der Waals surface area (Å²) in [5.41, 5.74) is 0.764. The average molecular weight is 262 g/mol. The van der Waals surface area contributed by atoms with Crippen LogP contribution in [0.15, 0.2) is 24.3 Å². The van der Waals surface area contributed by atoms with Crippen LogP contribution in [-0.4, -0.2) is 23.8 Å². The molecule has 1 aromatic carbocycles. The molecule has 6 heteroatoms. The van der Waals surface area contributed by atoms with Gasteiger partial charge in [-0.1, -0.05) is 29.3 Å². The summed E-state index contributed by atoms with van der Waals surface area (Å²) in [7, 11) is 1.28. The number of hydrogen-bond donors (Lipinski definition) is 1. The number of carbonyl (C=O) groups is 2. The Labute approximate surface area is 102 Å². The standard InChI is InChI=1S/C10H9Cl2NO3/c1-16-10(15)6-3-2-4-7(5-6)13-9(14)8(11)12/h2-5,8H,1H3,(H,13,14). The van der Waals surface area contributed by atoms with Crippen molar-refractivity contribution in [3.63, 3.8) is 0 Å². The minimum Gasteiger partial charge on any atom is -0.465 e. The van der Waals surface area contributed by atoms with Gasteiger partial charge in [-0.3, -0.25) is 4.79 Å².